The Morgan fingerprint density at radius 1 is 1.17 bits per heavy atom. The minimum Gasteiger partial charge on any atom is -0.508 e. The first-order chi connectivity index (χ1) is 11.7. The zero-order valence-electron chi connectivity index (χ0n) is 14.6. The fraction of sp³-hybridized carbons (Fsp3) is 0.429. The average molecular weight is 342 g/mol. The van der Waals surface area contributed by atoms with Crippen LogP contribution in [-0.2, 0) is 0 Å². The van der Waals surface area contributed by atoms with E-state index < -0.39 is 0 Å². The first-order valence-corrected chi connectivity index (χ1v) is 9.94. The molecular weight excluding hydrogens is 314 g/mol. The largest absolute Gasteiger partial charge is 0.508 e. The van der Waals surface area contributed by atoms with Gasteiger partial charge < -0.3 is 5.11 Å². The minimum atomic E-state index is 0.125. The average Bonchev–Trinajstić information content (AvgIpc) is 2.78. The third-order valence-electron chi connectivity index (χ3n) is 5.08. The first kappa shape index (κ1) is 17.4. The lowest BCUT2D eigenvalue weighted by Gasteiger charge is -2.36. The van der Waals surface area contributed by atoms with Crippen molar-refractivity contribution in [3.05, 3.63) is 59.7 Å². The monoisotopic (exact) mass is 341 g/mol. The lowest BCUT2D eigenvalue weighted by Crippen LogP contribution is -2.48. The summed E-state index contributed by atoms with van der Waals surface area (Å²) in [7, 11) is 0. The molecule has 0 aromatic heterocycles. The summed E-state index contributed by atoms with van der Waals surface area (Å²) >= 11 is 1.93. The van der Waals surface area contributed by atoms with Crippen molar-refractivity contribution in [2.75, 3.05) is 5.75 Å². The molecule has 0 saturated heterocycles. The summed E-state index contributed by atoms with van der Waals surface area (Å²) in [6.07, 6.45) is 4.77. The van der Waals surface area contributed by atoms with Crippen molar-refractivity contribution < 1.29 is 5.11 Å². The predicted octanol–water partition coefficient (Wildman–Crippen LogP) is 5.52. The van der Waals surface area contributed by atoms with Crippen LogP contribution in [0.1, 0.15) is 56.7 Å². The summed E-state index contributed by atoms with van der Waals surface area (Å²) in [4.78, 5) is 1.28. The van der Waals surface area contributed by atoms with Crippen molar-refractivity contribution in [2.24, 2.45) is 0 Å². The van der Waals surface area contributed by atoms with Gasteiger partial charge in [-0.15, -0.1) is 11.8 Å². The number of fused-ring (bicyclic) bond motifs is 1. The van der Waals surface area contributed by atoms with Gasteiger partial charge in [0.05, 0.1) is 6.04 Å². The quantitative estimate of drug-likeness (QED) is 0.751. The smallest absolute Gasteiger partial charge is 0.116 e. The Labute approximate surface area is 149 Å². The van der Waals surface area contributed by atoms with Crippen LogP contribution in [0.4, 0.5) is 0 Å². The second-order valence-electron chi connectivity index (χ2n) is 6.74. The van der Waals surface area contributed by atoms with E-state index in [1.807, 2.05) is 17.8 Å². The van der Waals surface area contributed by atoms with Crippen molar-refractivity contribution in [1.82, 2.24) is 5.32 Å². The highest BCUT2D eigenvalue weighted by molar-refractivity contribution is 7.99. The fourth-order valence-electron chi connectivity index (χ4n) is 3.48. The molecule has 2 aromatic carbocycles. The van der Waals surface area contributed by atoms with Gasteiger partial charge in [0.25, 0.3) is 0 Å². The number of nitrogens with one attached hydrogen (secondary N) is 1. The molecule has 2 atom stereocenters. The van der Waals surface area contributed by atoms with Crippen LogP contribution in [0.15, 0.2) is 53.4 Å². The molecule has 2 N–H and O–H groups in total. The number of hydrogen-bond donors (Lipinski definition) is 2. The molecule has 24 heavy (non-hydrogen) atoms. The van der Waals surface area contributed by atoms with Crippen molar-refractivity contribution in [3.63, 3.8) is 0 Å². The lowest BCUT2D eigenvalue weighted by molar-refractivity contribution is 0.297. The highest BCUT2D eigenvalue weighted by atomic mass is 32.2. The second-order valence-corrected chi connectivity index (χ2v) is 7.75. The van der Waals surface area contributed by atoms with Gasteiger partial charge in [0.15, 0.2) is 0 Å². The van der Waals surface area contributed by atoms with Crippen LogP contribution >= 0.6 is 11.8 Å². The van der Waals surface area contributed by atoms with Crippen molar-refractivity contribution in [1.29, 1.82) is 0 Å². The van der Waals surface area contributed by atoms with Crippen LogP contribution in [0.2, 0.25) is 0 Å². The Bertz CT molecular complexity index is 673. The van der Waals surface area contributed by atoms with Crippen molar-refractivity contribution >= 4 is 11.8 Å². The van der Waals surface area contributed by atoms with Gasteiger partial charge in [-0.25, -0.2) is 0 Å². The van der Waals surface area contributed by atoms with Crippen LogP contribution in [0.3, 0.4) is 0 Å². The number of aromatic hydroxyl groups is 1. The number of thioether (sulfide) groups is 1. The predicted molar refractivity (Wildman–Crippen MR) is 103 cm³/mol. The minimum absolute atomic E-state index is 0.125. The molecule has 0 fully saturated rings. The molecule has 128 valence electrons. The van der Waals surface area contributed by atoms with Crippen LogP contribution in [0.25, 0.3) is 0 Å². The molecule has 3 rings (SSSR count). The molecule has 1 aliphatic rings. The molecule has 0 saturated carbocycles. The van der Waals surface area contributed by atoms with Crippen molar-refractivity contribution in [3.8, 4) is 5.75 Å². The SMILES string of the molecule is CCCC[C@@]1(CC)CSc2ccc(O)cc2[C@H](c2ccccc2)N1. The van der Waals surface area contributed by atoms with Crippen LogP contribution in [-0.4, -0.2) is 16.4 Å². The maximum Gasteiger partial charge on any atom is 0.116 e. The van der Waals surface area contributed by atoms with Gasteiger partial charge in [-0.2, -0.15) is 0 Å². The van der Waals surface area contributed by atoms with Crippen LogP contribution < -0.4 is 5.32 Å². The summed E-state index contributed by atoms with van der Waals surface area (Å²) in [5.41, 5.74) is 2.59. The van der Waals surface area contributed by atoms with E-state index in [-0.39, 0.29) is 11.6 Å². The lowest BCUT2D eigenvalue weighted by atomic mass is 9.88. The Hall–Kier alpha value is -1.45. The van der Waals surface area contributed by atoms with Crippen molar-refractivity contribution in [2.45, 2.75) is 56.0 Å². The second kappa shape index (κ2) is 7.62. The molecule has 0 spiro atoms. The molecule has 1 aliphatic heterocycles. The zero-order chi connectivity index (χ0) is 17.0. The van der Waals surface area contributed by atoms with E-state index in [4.69, 9.17) is 0 Å². The van der Waals surface area contributed by atoms with E-state index >= 15 is 0 Å². The Balaban J connectivity index is 2.04. The molecule has 0 radical (unpaired) electrons. The number of phenolic OH excluding ortho intramolecular Hbond substituents is 1. The van der Waals surface area contributed by atoms with Crippen LogP contribution in [0, 0.1) is 0 Å². The Kier molecular flexibility index (Phi) is 5.52. The van der Waals surface area contributed by atoms with Gasteiger partial charge in [-0.1, -0.05) is 57.0 Å². The summed E-state index contributed by atoms with van der Waals surface area (Å²) in [5.74, 6) is 1.42. The van der Waals surface area contributed by atoms with E-state index in [1.165, 1.54) is 35.3 Å². The molecule has 0 aliphatic carbocycles. The molecule has 0 unspecified atom stereocenters. The molecule has 2 nitrogen and oxygen atoms in total. The Morgan fingerprint density at radius 3 is 2.67 bits per heavy atom. The molecule has 0 amide bonds. The molecule has 1 heterocycles. The summed E-state index contributed by atoms with van der Waals surface area (Å²) in [5, 5.41) is 14.0. The number of hydrogen-bond acceptors (Lipinski definition) is 3. The van der Waals surface area contributed by atoms with E-state index in [9.17, 15) is 5.11 Å². The zero-order valence-corrected chi connectivity index (χ0v) is 15.4. The third kappa shape index (κ3) is 3.62. The Morgan fingerprint density at radius 2 is 1.96 bits per heavy atom. The maximum absolute atomic E-state index is 10.0. The van der Waals surface area contributed by atoms with E-state index in [0.717, 1.165) is 12.2 Å². The van der Waals surface area contributed by atoms with Gasteiger partial charge in [-0.05, 0) is 42.2 Å². The van der Waals surface area contributed by atoms with E-state index in [0.29, 0.717) is 5.75 Å². The van der Waals surface area contributed by atoms with E-state index in [2.05, 4.69) is 55.6 Å². The van der Waals surface area contributed by atoms with Gasteiger partial charge in [0.1, 0.15) is 5.75 Å². The van der Waals surface area contributed by atoms with Gasteiger partial charge in [-0.3, -0.25) is 5.32 Å². The fourth-order valence-corrected chi connectivity index (χ4v) is 4.85. The van der Waals surface area contributed by atoms with Gasteiger partial charge in [0.2, 0.25) is 0 Å². The maximum atomic E-state index is 10.0. The highest BCUT2D eigenvalue weighted by Crippen LogP contribution is 2.41. The van der Waals surface area contributed by atoms with Gasteiger partial charge >= 0.3 is 0 Å². The number of phenols is 1. The van der Waals surface area contributed by atoms with Gasteiger partial charge in [0, 0.05) is 16.2 Å². The topological polar surface area (TPSA) is 32.3 Å². The summed E-state index contributed by atoms with van der Waals surface area (Å²) in [6, 6.07) is 16.5. The molecular formula is C21H27NOS. The number of unbranched alkanes of at least 4 members (excludes halogenated alkanes) is 1. The summed E-state index contributed by atoms with van der Waals surface area (Å²) in [6.45, 7) is 4.55. The number of rotatable bonds is 5. The normalized spacial score (nSPS) is 23.5. The van der Waals surface area contributed by atoms with Crippen LogP contribution in [0.5, 0.6) is 5.75 Å². The molecule has 0 bridgehead atoms. The first-order valence-electron chi connectivity index (χ1n) is 8.96. The highest BCUT2D eigenvalue weighted by Gasteiger charge is 2.35. The third-order valence-corrected chi connectivity index (χ3v) is 6.46. The van der Waals surface area contributed by atoms with E-state index in [1.54, 1.807) is 6.07 Å². The molecule has 3 heteroatoms. The summed E-state index contributed by atoms with van der Waals surface area (Å²) < 4.78 is 0. The number of benzene rings is 2. The standard InChI is InChI=1S/C21H27NOS/c1-3-5-13-21(4-2)15-24-19-12-11-17(23)14-18(19)20(22-21)16-9-7-6-8-10-16/h6-12,14,20,22-23H,3-5,13,15H2,1-2H3/t20-,21-/m0/s1. The molecule has 2 aromatic rings.